The van der Waals surface area contributed by atoms with E-state index in [1.807, 2.05) is 19.0 Å². The van der Waals surface area contributed by atoms with E-state index in [9.17, 15) is 4.79 Å². The van der Waals surface area contributed by atoms with Crippen LogP contribution in [-0.4, -0.2) is 38.1 Å². The maximum Gasteiger partial charge on any atom is 0.306 e. The fourth-order valence-electron chi connectivity index (χ4n) is 0.764. The smallest absolute Gasteiger partial charge is 0.306 e. The molecule has 0 rings (SSSR count). The van der Waals surface area contributed by atoms with Gasteiger partial charge in [-0.25, -0.2) is 0 Å². The molecule has 12 heavy (non-hydrogen) atoms. The Balaban J connectivity index is 3.25. The van der Waals surface area contributed by atoms with Crippen LogP contribution in [0.2, 0.25) is 0 Å². The van der Waals surface area contributed by atoms with Crippen molar-refractivity contribution in [2.24, 2.45) is 0 Å². The molecule has 0 heterocycles. The molecule has 0 aromatic rings. The van der Waals surface area contributed by atoms with Gasteiger partial charge in [0.15, 0.2) is 0 Å². The SMILES string of the molecule is C=CCOC(=O)CCCN(C)C. The highest BCUT2D eigenvalue weighted by molar-refractivity contribution is 5.69. The Morgan fingerprint density at radius 1 is 1.58 bits per heavy atom. The van der Waals surface area contributed by atoms with Crippen LogP contribution in [0, 0.1) is 0 Å². The lowest BCUT2D eigenvalue weighted by atomic mass is 10.3. The van der Waals surface area contributed by atoms with Gasteiger partial charge in [-0.15, -0.1) is 0 Å². The molecular weight excluding hydrogens is 154 g/mol. The van der Waals surface area contributed by atoms with Crippen molar-refractivity contribution in [1.29, 1.82) is 0 Å². The van der Waals surface area contributed by atoms with Gasteiger partial charge in [-0.2, -0.15) is 0 Å². The maximum absolute atomic E-state index is 10.9. The fourth-order valence-corrected chi connectivity index (χ4v) is 0.764. The molecular formula is C9H17NO2. The Labute approximate surface area is 74.0 Å². The van der Waals surface area contributed by atoms with Crippen molar-refractivity contribution in [3.05, 3.63) is 12.7 Å². The summed E-state index contributed by atoms with van der Waals surface area (Å²) in [6.07, 6.45) is 2.92. The van der Waals surface area contributed by atoms with E-state index in [4.69, 9.17) is 4.74 Å². The third-order valence-corrected chi connectivity index (χ3v) is 1.35. The molecule has 0 aliphatic rings. The van der Waals surface area contributed by atoms with E-state index in [0.717, 1.165) is 13.0 Å². The van der Waals surface area contributed by atoms with Crippen molar-refractivity contribution >= 4 is 5.97 Å². The molecule has 0 N–H and O–H groups in total. The summed E-state index contributed by atoms with van der Waals surface area (Å²) in [6, 6.07) is 0. The highest BCUT2D eigenvalue weighted by Gasteiger charge is 2.00. The van der Waals surface area contributed by atoms with E-state index in [1.54, 1.807) is 6.08 Å². The van der Waals surface area contributed by atoms with E-state index in [1.165, 1.54) is 0 Å². The Morgan fingerprint density at radius 2 is 2.25 bits per heavy atom. The molecule has 0 aliphatic carbocycles. The number of esters is 1. The predicted octanol–water partition coefficient (Wildman–Crippen LogP) is 1.06. The number of hydrogen-bond donors (Lipinski definition) is 0. The summed E-state index contributed by atoms with van der Waals surface area (Å²) in [5.74, 6) is -0.142. The molecule has 0 fully saturated rings. The van der Waals surface area contributed by atoms with Gasteiger partial charge in [0.2, 0.25) is 0 Å². The van der Waals surface area contributed by atoms with Crippen molar-refractivity contribution in [3.8, 4) is 0 Å². The largest absolute Gasteiger partial charge is 0.461 e. The van der Waals surface area contributed by atoms with Gasteiger partial charge in [0.1, 0.15) is 6.61 Å². The van der Waals surface area contributed by atoms with Gasteiger partial charge in [-0.1, -0.05) is 12.7 Å². The van der Waals surface area contributed by atoms with E-state index in [-0.39, 0.29) is 5.97 Å². The van der Waals surface area contributed by atoms with Crippen LogP contribution in [0.1, 0.15) is 12.8 Å². The zero-order valence-corrected chi connectivity index (χ0v) is 7.88. The number of carbonyl (C=O) groups excluding carboxylic acids is 1. The van der Waals surface area contributed by atoms with Gasteiger partial charge in [0, 0.05) is 6.42 Å². The predicted molar refractivity (Wildman–Crippen MR) is 48.9 cm³/mol. The van der Waals surface area contributed by atoms with E-state index in [2.05, 4.69) is 6.58 Å². The standard InChI is InChI=1S/C9H17NO2/c1-4-8-12-9(11)6-5-7-10(2)3/h4H,1,5-8H2,2-3H3. The lowest BCUT2D eigenvalue weighted by molar-refractivity contribution is -0.142. The minimum absolute atomic E-state index is 0.142. The number of carbonyl (C=O) groups is 1. The first-order valence-electron chi connectivity index (χ1n) is 4.08. The highest BCUT2D eigenvalue weighted by atomic mass is 16.5. The van der Waals surface area contributed by atoms with E-state index < -0.39 is 0 Å². The normalized spacial score (nSPS) is 9.92. The number of rotatable bonds is 6. The topological polar surface area (TPSA) is 29.5 Å². The second-order valence-corrected chi connectivity index (χ2v) is 2.88. The molecule has 0 saturated carbocycles. The van der Waals surface area contributed by atoms with Crippen molar-refractivity contribution in [3.63, 3.8) is 0 Å². The Morgan fingerprint density at radius 3 is 2.75 bits per heavy atom. The van der Waals surface area contributed by atoms with Crippen LogP contribution in [0.5, 0.6) is 0 Å². The molecule has 3 nitrogen and oxygen atoms in total. The van der Waals surface area contributed by atoms with Gasteiger partial charge >= 0.3 is 5.97 Å². The van der Waals surface area contributed by atoms with Crippen LogP contribution in [-0.2, 0) is 9.53 Å². The first-order chi connectivity index (χ1) is 5.66. The van der Waals surface area contributed by atoms with Gasteiger partial charge < -0.3 is 9.64 Å². The number of ether oxygens (including phenoxy) is 1. The summed E-state index contributed by atoms with van der Waals surface area (Å²) < 4.78 is 4.80. The lowest BCUT2D eigenvalue weighted by Crippen LogP contribution is -2.15. The summed E-state index contributed by atoms with van der Waals surface area (Å²) in [6.45, 7) is 4.70. The lowest BCUT2D eigenvalue weighted by Gasteiger charge is -2.07. The zero-order chi connectivity index (χ0) is 9.40. The molecule has 0 unspecified atom stereocenters. The van der Waals surface area contributed by atoms with Gasteiger partial charge in [-0.3, -0.25) is 4.79 Å². The van der Waals surface area contributed by atoms with Gasteiger partial charge in [0.25, 0.3) is 0 Å². The summed E-state index contributed by atoms with van der Waals surface area (Å²) >= 11 is 0. The first kappa shape index (κ1) is 11.2. The summed E-state index contributed by atoms with van der Waals surface area (Å²) in [5, 5.41) is 0. The van der Waals surface area contributed by atoms with Crippen molar-refractivity contribution in [2.45, 2.75) is 12.8 Å². The Bertz CT molecular complexity index is 143. The Kier molecular flexibility index (Phi) is 6.38. The number of hydrogen-bond acceptors (Lipinski definition) is 3. The maximum atomic E-state index is 10.9. The third-order valence-electron chi connectivity index (χ3n) is 1.35. The molecule has 0 spiro atoms. The summed E-state index contributed by atoms with van der Waals surface area (Å²) in [4.78, 5) is 12.9. The minimum atomic E-state index is -0.142. The van der Waals surface area contributed by atoms with Crippen LogP contribution in [0.3, 0.4) is 0 Å². The minimum Gasteiger partial charge on any atom is -0.461 e. The third kappa shape index (κ3) is 7.28. The van der Waals surface area contributed by atoms with Crippen molar-refractivity contribution in [1.82, 2.24) is 4.90 Å². The average molecular weight is 171 g/mol. The quantitative estimate of drug-likeness (QED) is 0.442. The summed E-state index contributed by atoms with van der Waals surface area (Å²) in [5.41, 5.74) is 0. The van der Waals surface area contributed by atoms with Crippen LogP contribution < -0.4 is 0 Å². The fraction of sp³-hybridized carbons (Fsp3) is 0.667. The average Bonchev–Trinajstić information content (AvgIpc) is 2.00. The molecule has 3 heteroatoms. The van der Waals surface area contributed by atoms with Crippen molar-refractivity contribution in [2.75, 3.05) is 27.2 Å². The van der Waals surface area contributed by atoms with E-state index >= 15 is 0 Å². The molecule has 0 atom stereocenters. The number of nitrogens with zero attached hydrogens (tertiary/aromatic N) is 1. The molecule has 0 radical (unpaired) electrons. The first-order valence-corrected chi connectivity index (χ1v) is 4.08. The van der Waals surface area contributed by atoms with Crippen LogP contribution in [0.4, 0.5) is 0 Å². The second kappa shape index (κ2) is 6.85. The molecule has 0 amide bonds. The van der Waals surface area contributed by atoms with E-state index in [0.29, 0.717) is 13.0 Å². The molecule has 70 valence electrons. The molecule has 0 aromatic carbocycles. The summed E-state index contributed by atoms with van der Waals surface area (Å²) in [7, 11) is 3.96. The monoisotopic (exact) mass is 171 g/mol. The Hall–Kier alpha value is -0.830. The van der Waals surface area contributed by atoms with Crippen molar-refractivity contribution < 1.29 is 9.53 Å². The molecule has 0 aromatic heterocycles. The van der Waals surface area contributed by atoms with Crippen LogP contribution in [0.25, 0.3) is 0 Å². The second-order valence-electron chi connectivity index (χ2n) is 2.88. The van der Waals surface area contributed by atoms with Crippen LogP contribution in [0.15, 0.2) is 12.7 Å². The van der Waals surface area contributed by atoms with Crippen LogP contribution >= 0.6 is 0 Å². The molecule has 0 bridgehead atoms. The zero-order valence-electron chi connectivity index (χ0n) is 7.88. The van der Waals surface area contributed by atoms with Gasteiger partial charge in [0.05, 0.1) is 0 Å². The molecule has 0 aliphatic heterocycles. The molecule has 0 saturated heterocycles. The van der Waals surface area contributed by atoms with Gasteiger partial charge in [-0.05, 0) is 27.1 Å². The highest BCUT2D eigenvalue weighted by Crippen LogP contribution is 1.93.